The van der Waals surface area contributed by atoms with Crippen molar-refractivity contribution in [1.82, 2.24) is 15.1 Å². The van der Waals surface area contributed by atoms with Gasteiger partial charge in [0.1, 0.15) is 5.75 Å². The van der Waals surface area contributed by atoms with E-state index in [1.54, 1.807) is 28.9 Å². The maximum Gasteiger partial charge on any atom is 0.416 e. The summed E-state index contributed by atoms with van der Waals surface area (Å²) in [7, 11) is 1.00. The minimum absolute atomic E-state index is 0. The van der Waals surface area contributed by atoms with Crippen LogP contribution in [-0.2, 0) is 50.8 Å². The molecule has 0 aliphatic carbocycles. The molecule has 11 heteroatoms. The minimum atomic E-state index is -4.49. The number of halogens is 3. The van der Waals surface area contributed by atoms with Crippen LogP contribution in [0.5, 0.6) is 5.75 Å². The van der Waals surface area contributed by atoms with E-state index in [9.17, 15) is 23.1 Å². The van der Waals surface area contributed by atoms with Gasteiger partial charge in [-0.1, -0.05) is 26.8 Å². The molecule has 2 aromatic carbocycles. The van der Waals surface area contributed by atoms with Gasteiger partial charge in [0.25, 0.3) is 0 Å². The van der Waals surface area contributed by atoms with Crippen LogP contribution in [0.2, 0.25) is 0 Å². The largest absolute Gasteiger partial charge is 0.508 e. The van der Waals surface area contributed by atoms with Gasteiger partial charge in [0, 0.05) is 56.6 Å². The van der Waals surface area contributed by atoms with Crippen molar-refractivity contribution in [3.63, 3.8) is 0 Å². The normalized spacial score (nSPS) is 11.1. The molecule has 1 radical (unpaired) electrons. The Labute approximate surface area is 221 Å². The number of rotatable bonds is 4. The first-order valence-corrected chi connectivity index (χ1v) is 9.99. The first-order valence-electron chi connectivity index (χ1n) is 9.99. The predicted molar refractivity (Wildman–Crippen MR) is 119 cm³/mol. The van der Waals surface area contributed by atoms with Crippen molar-refractivity contribution in [2.75, 3.05) is 12.4 Å². The second kappa shape index (κ2) is 12.3. The number of aliphatic hydroxyl groups excluding tert-OH is 1. The van der Waals surface area contributed by atoms with Crippen LogP contribution in [0.15, 0.2) is 54.6 Å². The summed E-state index contributed by atoms with van der Waals surface area (Å²) in [5.41, 5.74) is 1.18. The van der Waals surface area contributed by atoms with Crippen molar-refractivity contribution in [2.45, 2.75) is 38.9 Å². The number of benzene rings is 2. The molecule has 7 nitrogen and oxygen atoms in total. The number of amides is 2. The Morgan fingerprint density at radius 1 is 1.03 bits per heavy atom. The van der Waals surface area contributed by atoms with Gasteiger partial charge in [0.15, 0.2) is 0 Å². The van der Waals surface area contributed by atoms with E-state index < -0.39 is 17.8 Å². The molecule has 0 atom stereocenters. The molecular weight excluding hydrogens is 526 g/mol. The van der Waals surface area contributed by atoms with E-state index in [2.05, 4.69) is 15.7 Å². The van der Waals surface area contributed by atoms with Gasteiger partial charge >= 0.3 is 12.2 Å². The van der Waals surface area contributed by atoms with Crippen molar-refractivity contribution >= 4 is 11.7 Å². The summed E-state index contributed by atoms with van der Waals surface area (Å²) in [5, 5.41) is 26.1. The van der Waals surface area contributed by atoms with E-state index in [0.717, 1.165) is 30.6 Å². The third-order valence-corrected chi connectivity index (χ3v) is 4.50. The van der Waals surface area contributed by atoms with Gasteiger partial charge in [0.2, 0.25) is 0 Å². The molecule has 0 bridgehead atoms. The number of phenols is 1. The topological polar surface area (TPSA) is 99.4 Å². The van der Waals surface area contributed by atoms with Crippen LogP contribution in [-0.4, -0.2) is 33.1 Å². The smallest absolute Gasteiger partial charge is 0.416 e. The summed E-state index contributed by atoms with van der Waals surface area (Å²) in [5.74, 6) is 0.140. The fourth-order valence-electron chi connectivity index (χ4n) is 2.96. The van der Waals surface area contributed by atoms with Gasteiger partial charge in [-0.05, 0) is 48.5 Å². The number of nitrogens with one attached hydrogen (secondary N) is 2. The number of hydrogen-bond acceptors (Lipinski definition) is 4. The molecular formula is C23H27F3N4O3Y. The Bertz CT molecular complexity index is 1080. The molecule has 4 N–H and O–H groups in total. The van der Waals surface area contributed by atoms with Crippen LogP contribution in [0.25, 0.3) is 5.69 Å². The number of urea groups is 1. The minimum Gasteiger partial charge on any atom is -0.508 e. The summed E-state index contributed by atoms with van der Waals surface area (Å²) in [6.45, 7) is 6.16. The van der Waals surface area contributed by atoms with E-state index in [0.29, 0.717) is 5.69 Å². The summed E-state index contributed by atoms with van der Waals surface area (Å²) in [6, 6.07) is 12.2. The van der Waals surface area contributed by atoms with E-state index >= 15 is 0 Å². The number of phenolic OH excluding ortho intramolecular Hbond substituents is 1. The molecule has 2 amide bonds. The number of aliphatic hydroxyl groups is 1. The van der Waals surface area contributed by atoms with Crippen LogP contribution in [0, 0.1) is 0 Å². The van der Waals surface area contributed by atoms with Gasteiger partial charge in [0.05, 0.1) is 23.5 Å². The van der Waals surface area contributed by atoms with Gasteiger partial charge in [-0.15, -0.1) is 0 Å². The third kappa shape index (κ3) is 8.11. The Kier molecular flexibility index (Phi) is 10.7. The molecule has 0 unspecified atom stereocenters. The van der Waals surface area contributed by atoms with Crippen molar-refractivity contribution < 1.29 is 60.9 Å². The van der Waals surface area contributed by atoms with Gasteiger partial charge in [-0.25, -0.2) is 9.48 Å². The number of hydrogen-bond donors (Lipinski definition) is 4. The van der Waals surface area contributed by atoms with Crippen LogP contribution in [0.1, 0.15) is 37.7 Å². The first kappa shape index (κ1) is 29.6. The molecule has 1 heterocycles. The van der Waals surface area contributed by atoms with Gasteiger partial charge in [-0.2, -0.15) is 18.3 Å². The molecule has 0 spiro atoms. The zero-order valence-electron chi connectivity index (χ0n) is 19.3. The molecule has 0 saturated heterocycles. The summed E-state index contributed by atoms with van der Waals surface area (Å²) in [4.78, 5) is 12.2. The Morgan fingerprint density at radius 2 is 1.65 bits per heavy atom. The second-order valence-corrected chi connectivity index (χ2v) is 8.09. The second-order valence-electron chi connectivity index (χ2n) is 8.09. The van der Waals surface area contributed by atoms with Crippen molar-refractivity contribution in [2.24, 2.45) is 0 Å². The number of nitrogens with zero attached hydrogens (tertiary/aromatic N) is 2. The van der Waals surface area contributed by atoms with Gasteiger partial charge < -0.3 is 20.8 Å². The maximum atomic E-state index is 12.8. The predicted octanol–water partition coefficient (Wildman–Crippen LogP) is 4.82. The maximum absolute atomic E-state index is 12.8. The van der Waals surface area contributed by atoms with Crippen molar-refractivity contribution in [3.05, 3.63) is 71.5 Å². The number of aromatic hydroxyl groups is 1. The molecule has 3 rings (SSSR count). The van der Waals surface area contributed by atoms with Crippen molar-refractivity contribution in [3.8, 4) is 11.4 Å². The monoisotopic (exact) mass is 553 g/mol. The molecule has 34 heavy (non-hydrogen) atoms. The van der Waals surface area contributed by atoms with E-state index in [4.69, 9.17) is 5.11 Å². The third-order valence-electron chi connectivity index (χ3n) is 4.50. The molecule has 181 valence electrons. The zero-order valence-corrected chi connectivity index (χ0v) is 22.1. The summed E-state index contributed by atoms with van der Waals surface area (Å²) in [6.07, 6.45) is -4.49. The van der Waals surface area contributed by atoms with Crippen LogP contribution >= 0.6 is 0 Å². The molecule has 0 aliphatic rings. The number of anilines is 1. The number of carbonyl (C=O) groups is 1. The number of aromatic nitrogens is 2. The standard InChI is InChI=1S/C22H23F3N4O2.CH4O.Y/c1-21(2,3)19-12-16(28-29(19)17-7-9-18(30)10-8-17)13-26-20(31)27-15-6-4-5-14(11-15)22(23,24)25;1-2;/h4-12,30H,13H2,1-3H3,(H2,26,27,31);2H,1H3;. The SMILES string of the molecule is CC(C)(C)c1cc(CNC(=O)Nc2cccc(C(F)(F)F)c2)nn1-c1ccc(O)cc1.CO.[Y]. The first-order chi connectivity index (χ1) is 15.4. The van der Waals surface area contributed by atoms with Gasteiger partial charge in [-0.3, -0.25) is 0 Å². The number of carbonyl (C=O) groups excluding carboxylic acids is 1. The quantitative estimate of drug-likeness (QED) is 0.372. The Balaban J connectivity index is 0.00000188. The van der Waals surface area contributed by atoms with E-state index in [1.807, 2.05) is 26.8 Å². The molecule has 1 aromatic heterocycles. The molecule has 0 fully saturated rings. The average molecular weight is 553 g/mol. The number of alkyl halides is 3. The van der Waals surface area contributed by atoms with E-state index in [1.165, 1.54) is 12.1 Å². The fraction of sp³-hybridized carbons (Fsp3) is 0.304. The van der Waals surface area contributed by atoms with Crippen LogP contribution < -0.4 is 10.6 Å². The molecule has 0 aliphatic heterocycles. The summed E-state index contributed by atoms with van der Waals surface area (Å²) >= 11 is 0. The fourth-order valence-corrected chi connectivity index (χ4v) is 2.96. The Morgan fingerprint density at radius 3 is 2.21 bits per heavy atom. The Hall–Kier alpha value is -2.43. The zero-order chi connectivity index (χ0) is 24.8. The average Bonchev–Trinajstić information content (AvgIpc) is 3.19. The summed E-state index contributed by atoms with van der Waals surface area (Å²) < 4.78 is 40.2. The van der Waals surface area contributed by atoms with Crippen LogP contribution in [0.3, 0.4) is 0 Å². The van der Waals surface area contributed by atoms with Crippen molar-refractivity contribution in [1.29, 1.82) is 0 Å². The molecule has 0 saturated carbocycles. The molecule has 3 aromatic rings. The van der Waals surface area contributed by atoms with E-state index in [-0.39, 0.29) is 56.1 Å². The van der Waals surface area contributed by atoms with Crippen LogP contribution in [0.4, 0.5) is 23.7 Å².